The number of fused-ring (bicyclic) bond motifs is 7. The van der Waals surface area contributed by atoms with E-state index in [4.69, 9.17) is 23.7 Å². The Balaban J connectivity index is 1.19. The second-order valence-electron chi connectivity index (χ2n) is 21.3. The Hall–Kier alpha value is -3.07. The summed E-state index contributed by atoms with van der Waals surface area (Å²) >= 11 is 0. The normalized spacial score (nSPS) is 51.0. The lowest BCUT2D eigenvalue weighted by Crippen LogP contribution is -2.68. The van der Waals surface area contributed by atoms with Gasteiger partial charge in [-0.2, -0.15) is 0 Å². The molecule has 0 unspecified atom stereocenters. The quantitative estimate of drug-likeness (QED) is 0.127. The van der Waals surface area contributed by atoms with Crippen molar-refractivity contribution in [3.05, 3.63) is 11.6 Å². The highest BCUT2D eigenvalue weighted by Crippen LogP contribution is 2.75. The average Bonchev–Trinajstić information content (AvgIpc) is 3.16. The monoisotopic (exact) mass is 880 g/mol. The number of carboxylic acids is 3. The van der Waals surface area contributed by atoms with E-state index >= 15 is 4.79 Å². The molecule has 2 aliphatic heterocycles. The van der Waals surface area contributed by atoms with Crippen LogP contribution in [-0.4, -0.2) is 144 Å². The number of aliphatic hydroxyl groups excluding tert-OH is 5. The number of aliphatic carboxylic acids is 3. The van der Waals surface area contributed by atoms with E-state index in [0.717, 1.165) is 5.57 Å². The molecular formula is C44H64O18. The summed E-state index contributed by atoms with van der Waals surface area (Å²) in [7, 11) is 0. The Kier molecular flexibility index (Phi) is 11.8. The van der Waals surface area contributed by atoms with Crippen LogP contribution < -0.4 is 0 Å². The molecule has 0 radical (unpaired) electrons. The summed E-state index contributed by atoms with van der Waals surface area (Å²) in [6.07, 6.45) is -15.5. The number of aliphatic hydroxyl groups is 5. The summed E-state index contributed by atoms with van der Waals surface area (Å²) in [5, 5.41) is 83.4. The number of esters is 1. The fourth-order valence-corrected chi connectivity index (χ4v) is 13.8. The summed E-state index contributed by atoms with van der Waals surface area (Å²) in [5.41, 5.74) is -3.24. The lowest BCUT2D eigenvalue weighted by molar-refractivity contribution is -0.371. The second-order valence-corrected chi connectivity index (χ2v) is 21.3. The Labute approximate surface area is 359 Å². The van der Waals surface area contributed by atoms with Crippen LogP contribution in [0.2, 0.25) is 0 Å². The molecule has 18 nitrogen and oxygen atoms in total. The Morgan fingerprint density at radius 3 is 1.85 bits per heavy atom. The van der Waals surface area contributed by atoms with Crippen LogP contribution in [0.15, 0.2) is 11.6 Å². The topological polar surface area (TPSA) is 293 Å². The van der Waals surface area contributed by atoms with Gasteiger partial charge in [-0.1, -0.05) is 47.1 Å². The fourth-order valence-electron chi connectivity index (χ4n) is 13.8. The van der Waals surface area contributed by atoms with Gasteiger partial charge in [-0.25, -0.2) is 9.59 Å². The average molecular weight is 881 g/mol. The first kappa shape index (κ1) is 46.9. The molecule has 4 saturated carbocycles. The van der Waals surface area contributed by atoms with Crippen LogP contribution in [0.4, 0.5) is 0 Å². The van der Waals surface area contributed by atoms with E-state index in [9.17, 15) is 60.0 Å². The predicted octanol–water partition coefficient (Wildman–Crippen LogP) is 1.79. The minimum absolute atomic E-state index is 0.0401. The number of carboxylic acid groups (broad SMARTS) is 3. The molecule has 0 aromatic heterocycles. The minimum Gasteiger partial charge on any atom is -0.481 e. The first-order valence-corrected chi connectivity index (χ1v) is 21.7. The zero-order chi connectivity index (χ0) is 46.0. The standard InChI is InChI=1S/C44H64O18/c1-18(45)58-24-17-40(4,38(56)57)16-20-19-15-21(46)33-42(6)11-10-23(39(2,3)22(42)9-12-44(33,8)43(19,7)14-13-41(20,24)5)59-37-32(28(50)27(49)31(61-37)35(54)55)62-36-29(51)25(47)26(48)30(60-36)34(52)53/h15,20,22-33,36-37,47-51H,9-14,16-17H2,1-8H3,(H,52,53)(H,54,55)(H,56,57)/t20-,22-,23-,24-,25-,26-,27-,28-,29+,30-,31-,32+,33+,36-,37+,40+,41+,42-,43+,44+/m0/s1. The lowest BCUT2D eigenvalue weighted by atomic mass is 9.33. The maximum atomic E-state index is 15.0. The van der Waals surface area contributed by atoms with E-state index in [1.165, 1.54) is 6.92 Å². The molecule has 0 bridgehead atoms. The third-order valence-electron chi connectivity index (χ3n) is 17.6. The summed E-state index contributed by atoms with van der Waals surface area (Å²) in [5.74, 6) is -5.74. The lowest BCUT2D eigenvalue weighted by Gasteiger charge is -2.71. The summed E-state index contributed by atoms with van der Waals surface area (Å²) in [4.78, 5) is 64.2. The van der Waals surface area contributed by atoms with Gasteiger partial charge in [-0.15, -0.1) is 0 Å². The molecular weight excluding hydrogens is 816 g/mol. The van der Waals surface area contributed by atoms with Crippen LogP contribution in [0.3, 0.4) is 0 Å². The molecule has 20 atom stereocenters. The van der Waals surface area contributed by atoms with Gasteiger partial charge in [-0.05, 0) is 91.4 Å². The SMILES string of the molecule is CC(=O)O[C@H]1C[C@](C)(C(=O)O)C[C@H]2C3=CC(=O)[C@@H]4[C@@]5(C)CC[C@H](O[C@@H]6O[C@H](C(=O)O)[C@@H](O)[C@H](O)[C@H]6O[C@@H]6O[C@H](C(=O)O)[C@@H](O)[C@H](O)[C@H]6O)C(C)(C)[C@@H]5CC[C@@]4(C)[C@]3(C)CC[C@@]12C. The number of hydrogen-bond acceptors (Lipinski definition) is 15. The Bertz CT molecular complexity index is 1880. The number of hydrogen-bond donors (Lipinski definition) is 8. The predicted molar refractivity (Wildman–Crippen MR) is 210 cm³/mol. The fraction of sp³-hybridized carbons (Fsp3) is 0.841. The van der Waals surface area contributed by atoms with Gasteiger partial charge in [0.15, 0.2) is 30.6 Å². The van der Waals surface area contributed by atoms with Crippen molar-refractivity contribution in [2.24, 2.45) is 50.2 Å². The van der Waals surface area contributed by atoms with Crippen molar-refractivity contribution in [3.63, 3.8) is 0 Å². The minimum atomic E-state index is -2.07. The molecule has 7 rings (SSSR count). The first-order valence-electron chi connectivity index (χ1n) is 21.7. The summed E-state index contributed by atoms with van der Waals surface area (Å²) in [6, 6.07) is 0. The molecule has 8 N–H and O–H groups in total. The van der Waals surface area contributed by atoms with Crippen LogP contribution in [0.5, 0.6) is 0 Å². The van der Waals surface area contributed by atoms with E-state index in [-0.39, 0.29) is 24.0 Å². The molecule has 0 aromatic rings. The summed E-state index contributed by atoms with van der Waals surface area (Å²) in [6.45, 7) is 15.6. The summed E-state index contributed by atoms with van der Waals surface area (Å²) < 4.78 is 29.3. The number of ketones is 1. The van der Waals surface area contributed by atoms with E-state index < -0.39 is 136 Å². The van der Waals surface area contributed by atoms with Crippen LogP contribution >= 0.6 is 0 Å². The van der Waals surface area contributed by atoms with Crippen LogP contribution in [-0.2, 0) is 47.7 Å². The highest BCUT2D eigenvalue weighted by molar-refractivity contribution is 5.95. The number of rotatable bonds is 8. The van der Waals surface area contributed by atoms with Crippen LogP contribution in [0, 0.1) is 50.2 Å². The molecule has 2 heterocycles. The van der Waals surface area contributed by atoms with Gasteiger partial charge in [0.1, 0.15) is 42.7 Å². The number of allylic oxidation sites excluding steroid dienone is 2. The van der Waals surface area contributed by atoms with E-state index in [0.29, 0.717) is 44.9 Å². The van der Waals surface area contributed by atoms with Gasteiger partial charge in [0.05, 0.1) is 11.5 Å². The van der Waals surface area contributed by atoms with Gasteiger partial charge in [0, 0.05) is 24.7 Å². The third kappa shape index (κ3) is 6.88. The van der Waals surface area contributed by atoms with Crippen molar-refractivity contribution in [3.8, 4) is 0 Å². The smallest absolute Gasteiger partial charge is 0.335 e. The van der Waals surface area contributed by atoms with Gasteiger partial charge in [0.2, 0.25) is 0 Å². The first-order chi connectivity index (χ1) is 28.6. The zero-order valence-corrected chi connectivity index (χ0v) is 36.6. The third-order valence-corrected chi connectivity index (χ3v) is 17.6. The van der Waals surface area contributed by atoms with Gasteiger partial charge in [0.25, 0.3) is 0 Å². The van der Waals surface area contributed by atoms with E-state index in [1.807, 2.05) is 13.8 Å². The van der Waals surface area contributed by atoms with Crippen molar-refractivity contribution < 1.29 is 88.5 Å². The molecule has 0 aromatic carbocycles. The molecule has 62 heavy (non-hydrogen) atoms. The van der Waals surface area contributed by atoms with Crippen molar-refractivity contribution in [1.82, 2.24) is 0 Å². The molecule has 348 valence electrons. The Morgan fingerprint density at radius 1 is 0.677 bits per heavy atom. The number of carbonyl (C=O) groups is 5. The Morgan fingerprint density at radius 2 is 1.27 bits per heavy atom. The van der Waals surface area contributed by atoms with Crippen molar-refractivity contribution >= 4 is 29.7 Å². The van der Waals surface area contributed by atoms with Gasteiger partial charge < -0.3 is 64.5 Å². The molecule has 0 amide bonds. The number of carbonyl (C=O) groups excluding carboxylic acids is 2. The van der Waals surface area contributed by atoms with Gasteiger partial charge in [-0.3, -0.25) is 14.4 Å². The number of ether oxygens (including phenoxy) is 5. The molecule has 18 heteroatoms. The highest BCUT2D eigenvalue weighted by Gasteiger charge is 2.72. The molecule has 5 aliphatic carbocycles. The maximum Gasteiger partial charge on any atom is 0.335 e. The molecule has 0 spiro atoms. The van der Waals surface area contributed by atoms with Crippen LogP contribution in [0.25, 0.3) is 0 Å². The van der Waals surface area contributed by atoms with E-state index in [1.54, 1.807) is 13.0 Å². The van der Waals surface area contributed by atoms with Gasteiger partial charge >= 0.3 is 23.9 Å². The molecule has 6 fully saturated rings. The molecule has 2 saturated heterocycles. The maximum absolute atomic E-state index is 15.0. The van der Waals surface area contributed by atoms with Crippen LogP contribution in [0.1, 0.15) is 107 Å². The van der Waals surface area contributed by atoms with Crippen molar-refractivity contribution in [2.45, 2.75) is 180 Å². The van der Waals surface area contributed by atoms with E-state index in [2.05, 4.69) is 27.7 Å². The largest absolute Gasteiger partial charge is 0.481 e. The zero-order valence-electron chi connectivity index (χ0n) is 36.6. The molecule has 7 aliphatic rings. The second kappa shape index (κ2) is 15.5. The van der Waals surface area contributed by atoms with Crippen molar-refractivity contribution in [2.75, 3.05) is 0 Å². The van der Waals surface area contributed by atoms with Crippen molar-refractivity contribution in [1.29, 1.82) is 0 Å². The highest BCUT2D eigenvalue weighted by atomic mass is 16.8.